The summed E-state index contributed by atoms with van der Waals surface area (Å²) in [5, 5.41) is 0. The molecule has 1 aromatic heterocycles. The Morgan fingerprint density at radius 3 is 2.50 bits per heavy atom. The van der Waals surface area contributed by atoms with Gasteiger partial charge in [0, 0.05) is 50.6 Å². The van der Waals surface area contributed by atoms with Crippen molar-refractivity contribution in [2.75, 3.05) is 26.2 Å². The Hall–Kier alpha value is -2.17. The molecule has 2 amide bonds. The van der Waals surface area contributed by atoms with Gasteiger partial charge in [-0.05, 0) is 30.0 Å². The summed E-state index contributed by atoms with van der Waals surface area (Å²) in [4.78, 5) is 32.0. The number of amides is 2. The van der Waals surface area contributed by atoms with Crippen molar-refractivity contribution in [2.24, 2.45) is 11.8 Å². The molecule has 1 aromatic rings. The second-order valence-corrected chi connectivity index (χ2v) is 6.09. The number of hydrogen-bond acceptors (Lipinski definition) is 3. The Bertz CT molecular complexity index is 577. The molecule has 0 bridgehead atoms. The number of aromatic nitrogens is 1. The number of hydrogen-bond donors (Lipinski definition) is 0. The molecule has 0 unspecified atom stereocenters. The quantitative estimate of drug-likeness (QED) is 0.793. The third-order valence-corrected chi connectivity index (χ3v) is 4.43. The van der Waals surface area contributed by atoms with E-state index in [9.17, 15) is 9.59 Å². The lowest BCUT2D eigenvalue weighted by atomic mass is 10.2. The molecule has 1 aliphatic heterocycles. The van der Waals surface area contributed by atoms with Crippen LogP contribution in [0.15, 0.2) is 30.6 Å². The summed E-state index contributed by atoms with van der Waals surface area (Å²) in [5.74, 6) is 1.03. The van der Waals surface area contributed by atoms with Crippen LogP contribution in [0.2, 0.25) is 0 Å². The van der Waals surface area contributed by atoms with Crippen molar-refractivity contribution in [1.82, 2.24) is 14.8 Å². The van der Waals surface area contributed by atoms with Gasteiger partial charge in [0.05, 0.1) is 0 Å². The molecule has 0 aromatic carbocycles. The van der Waals surface area contributed by atoms with Crippen molar-refractivity contribution in [2.45, 2.75) is 13.3 Å². The largest absolute Gasteiger partial charge is 0.339 e. The van der Waals surface area contributed by atoms with Gasteiger partial charge in [-0.2, -0.15) is 0 Å². The highest BCUT2D eigenvalue weighted by Crippen LogP contribution is 2.39. The van der Waals surface area contributed by atoms with Crippen LogP contribution in [0.3, 0.4) is 0 Å². The minimum atomic E-state index is -0.00394. The van der Waals surface area contributed by atoms with E-state index in [1.54, 1.807) is 29.4 Å². The summed E-state index contributed by atoms with van der Waals surface area (Å²) in [6.07, 6.45) is 7.80. The van der Waals surface area contributed by atoms with E-state index >= 15 is 0 Å². The fourth-order valence-electron chi connectivity index (χ4n) is 2.80. The standard InChI is InChI=1S/C17H21N3O2/c1-13-11-15(13)17(22)20-9-7-19(8-10-20)16(21)5-4-14-3-2-6-18-12-14/h2-6,12-13,15H,7-11H2,1H3/b5-4+/t13-,15-/m1/s1. The van der Waals surface area contributed by atoms with Gasteiger partial charge in [0.1, 0.15) is 0 Å². The molecule has 1 saturated carbocycles. The smallest absolute Gasteiger partial charge is 0.246 e. The maximum atomic E-state index is 12.2. The fraction of sp³-hybridized carbons (Fsp3) is 0.471. The molecule has 3 rings (SSSR count). The first-order valence-electron chi connectivity index (χ1n) is 7.81. The van der Waals surface area contributed by atoms with E-state index in [4.69, 9.17) is 0 Å². The second-order valence-electron chi connectivity index (χ2n) is 6.09. The zero-order chi connectivity index (χ0) is 15.5. The first-order valence-corrected chi connectivity index (χ1v) is 7.81. The van der Waals surface area contributed by atoms with Gasteiger partial charge >= 0.3 is 0 Å². The van der Waals surface area contributed by atoms with Crippen LogP contribution in [-0.2, 0) is 9.59 Å². The van der Waals surface area contributed by atoms with E-state index in [0.29, 0.717) is 32.1 Å². The molecule has 5 nitrogen and oxygen atoms in total. The highest BCUT2D eigenvalue weighted by Gasteiger charge is 2.42. The Morgan fingerprint density at radius 2 is 1.91 bits per heavy atom. The summed E-state index contributed by atoms with van der Waals surface area (Å²) in [6, 6.07) is 3.75. The molecule has 2 atom stereocenters. The normalized spacial score (nSPS) is 24.6. The molecule has 2 heterocycles. The Kier molecular flexibility index (Phi) is 4.22. The molecule has 1 aliphatic carbocycles. The summed E-state index contributed by atoms with van der Waals surface area (Å²) < 4.78 is 0. The van der Waals surface area contributed by atoms with Crippen molar-refractivity contribution < 1.29 is 9.59 Å². The van der Waals surface area contributed by atoms with Crippen molar-refractivity contribution >= 4 is 17.9 Å². The molecule has 5 heteroatoms. The Balaban J connectivity index is 1.49. The van der Waals surface area contributed by atoms with E-state index < -0.39 is 0 Å². The van der Waals surface area contributed by atoms with Gasteiger partial charge in [-0.15, -0.1) is 0 Å². The van der Waals surface area contributed by atoms with E-state index in [1.165, 1.54) is 0 Å². The molecule has 0 radical (unpaired) electrons. The molecule has 1 saturated heterocycles. The lowest BCUT2D eigenvalue weighted by molar-refractivity contribution is -0.138. The second kappa shape index (κ2) is 6.30. The zero-order valence-electron chi connectivity index (χ0n) is 12.8. The maximum absolute atomic E-state index is 12.2. The monoisotopic (exact) mass is 299 g/mol. The third-order valence-electron chi connectivity index (χ3n) is 4.43. The average molecular weight is 299 g/mol. The van der Waals surface area contributed by atoms with Crippen LogP contribution >= 0.6 is 0 Å². The lowest BCUT2D eigenvalue weighted by Gasteiger charge is -2.34. The Morgan fingerprint density at radius 1 is 1.23 bits per heavy atom. The summed E-state index contributed by atoms with van der Waals surface area (Å²) in [6.45, 7) is 4.64. The number of piperazine rings is 1. The highest BCUT2D eigenvalue weighted by atomic mass is 16.2. The maximum Gasteiger partial charge on any atom is 0.246 e. The topological polar surface area (TPSA) is 53.5 Å². The van der Waals surface area contributed by atoms with Crippen molar-refractivity contribution in [1.29, 1.82) is 0 Å². The minimum Gasteiger partial charge on any atom is -0.339 e. The number of rotatable bonds is 3. The van der Waals surface area contributed by atoms with E-state index in [2.05, 4.69) is 11.9 Å². The molecule has 2 fully saturated rings. The highest BCUT2D eigenvalue weighted by molar-refractivity contribution is 5.92. The first-order chi connectivity index (χ1) is 10.6. The van der Waals surface area contributed by atoms with Gasteiger partial charge in [0.2, 0.25) is 11.8 Å². The van der Waals surface area contributed by atoms with Crippen molar-refractivity contribution in [3.05, 3.63) is 36.2 Å². The van der Waals surface area contributed by atoms with Gasteiger partial charge in [-0.25, -0.2) is 0 Å². The summed E-state index contributed by atoms with van der Waals surface area (Å²) in [7, 11) is 0. The number of pyridine rings is 1. The van der Waals surface area contributed by atoms with Gasteiger partial charge in [-0.1, -0.05) is 13.0 Å². The van der Waals surface area contributed by atoms with Gasteiger partial charge < -0.3 is 9.80 Å². The molecular weight excluding hydrogens is 278 g/mol. The molecule has 0 spiro atoms. The van der Waals surface area contributed by atoms with Crippen molar-refractivity contribution in [3.8, 4) is 0 Å². The first kappa shape index (κ1) is 14.8. The Labute approximate surface area is 130 Å². The van der Waals surface area contributed by atoms with E-state index in [-0.39, 0.29) is 17.7 Å². The minimum absolute atomic E-state index is 0.00394. The SMILES string of the molecule is C[C@@H]1C[C@H]1C(=O)N1CCN(C(=O)/C=C/c2cccnc2)CC1. The number of carbonyl (C=O) groups is 2. The molecule has 22 heavy (non-hydrogen) atoms. The fourth-order valence-corrected chi connectivity index (χ4v) is 2.80. The molecule has 0 N–H and O–H groups in total. The van der Waals surface area contributed by atoms with Gasteiger partial charge in [0.25, 0.3) is 0 Å². The molecule has 116 valence electrons. The predicted octanol–water partition coefficient (Wildman–Crippen LogP) is 1.42. The number of carbonyl (C=O) groups excluding carboxylic acids is 2. The average Bonchev–Trinajstić information content (AvgIpc) is 3.30. The van der Waals surface area contributed by atoms with Gasteiger partial charge in [-0.3, -0.25) is 14.6 Å². The van der Waals surface area contributed by atoms with Crippen LogP contribution in [0.1, 0.15) is 18.9 Å². The van der Waals surface area contributed by atoms with E-state index in [0.717, 1.165) is 12.0 Å². The van der Waals surface area contributed by atoms with Crippen LogP contribution in [-0.4, -0.2) is 52.8 Å². The van der Waals surface area contributed by atoms with Crippen LogP contribution < -0.4 is 0 Å². The molecule has 2 aliphatic rings. The van der Waals surface area contributed by atoms with Gasteiger partial charge in [0.15, 0.2) is 0 Å². The number of nitrogens with zero attached hydrogens (tertiary/aromatic N) is 3. The third kappa shape index (κ3) is 3.35. The molecular formula is C17H21N3O2. The van der Waals surface area contributed by atoms with Crippen molar-refractivity contribution in [3.63, 3.8) is 0 Å². The van der Waals surface area contributed by atoms with Crippen LogP contribution in [0.25, 0.3) is 6.08 Å². The van der Waals surface area contributed by atoms with Crippen LogP contribution in [0, 0.1) is 11.8 Å². The summed E-state index contributed by atoms with van der Waals surface area (Å²) >= 11 is 0. The van der Waals surface area contributed by atoms with Crippen LogP contribution in [0.5, 0.6) is 0 Å². The zero-order valence-corrected chi connectivity index (χ0v) is 12.8. The van der Waals surface area contributed by atoms with Crippen LogP contribution in [0.4, 0.5) is 0 Å². The lowest BCUT2D eigenvalue weighted by Crippen LogP contribution is -2.50. The summed E-state index contributed by atoms with van der Waals surface area (Å²) in [5.41, 5.74) is 0.910. The van der Waals surface area contributed by atoms with E-state index in [1.807, 2.05) is 17.0 Å². The predicted molar refractivity (Wildman–Crippen MR) is 83.7 cm³/mol.